The number of ether oxygens (including phenoxy) is 2. The van der Waals surface area contributed by atoms with E-state index in [0.717, 1.165) is 0 Å². The number of aliphatic hydroxyl groups is 3. The first-order valence-corrected chi connectivity index (χ1v) is 13.6. The Labute approximate surface area is 222 Å². The number of Topliss-reactive ketones (excluding diaryl/α,β-unsaturated/α-hetero) is 1. The predicted octanol–water partition coefficient (Wildman–Crippen LogP) is 3.25. The molecule has 2 fully saturated rings. The Morgan fingerprint density at radius 3 is 2.66 bits per heavy atom. The zero-order chi connectivity index (χ0) is 27.4. The van der Waals surface area contributed by atoms with E-state index < -0.39 is 41.8 Å². The molecule has 8 nitrogen and oxygen atoms in total. The second-order valence-electron chi connectivity index (χ2n) is 12.6. The highest BCUT2D eigenvalue weighted by Crippen LogP contribution is 2.71. The molecule has 2 saturated carbocycles. The smallest absolute Gasteiger partial charge is 0.415 e. The molecule has 1 aromatic rings. The Morgan fingerprint density at radius 2 is 1.95 bits per heavy atom. The fourth-order valence-electron chi connectivity index (χ4n) is 8.33. The summed E-state index contributed by atoms with van der Waals surface area (Å²) < 4.78 is 11.8. The molecule has 38 heavy (non-hydrogen) atoms. The van der Waals surface area contributed by atoms with Crippen molar-refractivity contribution in [3.63, 3.8) is 0 Å². The lowest BCUT2D eigenvalue weighted by Gasteiger charge is -2.49. The summed E-state index contributed by atoms with van der Waals surface area (Å²) in [5, 5.41) is 34.6. The summed E-state index contributed by atoms with van der Waals surface area (Å²) in [6.45, 7) is 9.59. The molecule has 5 aliphatic rings. The molecule has 0 aromatic heterocycles. The number of hydrogen-bond donors (Lipinski definition) is 3. The van der Waals surface area contributed by atoms with Crippen molar-refractivity contribution in [1.29, 1.82) is 0 Å². The van der Waals surface area contributed by atoms with Crippen LogP contribution in [0.2, 0.25) is 0 Å². The summed E-state index contributed by atoms with van der Waals surface area (Å²) in [5.74, 6) is -0.140. The number of ketones is 1. The van der Waals surface area contributed by atoms with Gasteiger partial charge in [-0.05, 0) is 66.7 Å². The number of carbonyl (C=O) groups excluding carboxylic acids is 2. The molecule has 1 unspecified atom stereocenters. The van der Waals surface area contributed by atoms with Gasteiger partial charge in [-0.3, -0.25) is 9.69 Å². The minimum Gasteiger partial charge on any atom is -0.489 e. The number of aliphatic hydroxyl groups excluding tert-OH is 2. The van der Waals surface area contributed by atoms with Crippen LogP contribution < -0.4 is 9.64 Å². The monoisotopic (exact) mass is 523 g/mol. The van der Waals surface area contributed by atoms with Crippen molar-refractivity contribution >= 4 is 17.6 Å². The molecular formula is C30H37NO7. The highest BCUT2D eigenvalue weighted by molar-refractivity contribution is 5.96. The van der Waals surface area contributed by atoms with Gasteiger partial charge in [-0.1, -0.05) is 45.1 Å². The second-order valence-corrected chi connectivity index (χ2v) is 12.6. The number of para-hydroxylation sites is 2. The van der Waals surface area contributed by atoms with Gasteiger partial charge in [-0.15, -0.1) is 0 Å². The highest BCUT2D eigenvalue weighted by atomic mass is 16.6. The summed E-state index contributed by atoms with van der Waals surface area (Å²) in [7, 11) is 0. The van der Waals surface area contributed by atoms with Crippen molar-refractivity contribution in [1.82, 2.24) is 0 Å². The quantitative estimate of drug-likeness (QED) is 0.510. The summed E-state index contributed by atoms with van der Waals surface area (Å²) in [6.07, 6.45) is 0.555. The molecule has 1 spiro atoms. The van der Waals surface area contributed by atoms with Crippen molar-refractivity contribution < 1.29 is 34.4 Å². The predicted molar refractivity (Wildman–Crippen MR) is 140 cm³/mol. The first-order valence-electron chi connectivity index (χ1n) is 13.6. The zero-order valence-electron chi connectivity index (χ0n) is 22.5. The zero-order valence-corrected chi connectivity index (χ0v) is 22.5. The van der Waals surface area contributed by atoms with Crippen molar-refractivity contribution in [3.05, 3.63) is 47.6 Å². The van der Waals surface area contributed by atoms with Crippen LogP contribution in [0.4, 0.5) is 10.5 Å². The van der Waals surface area contributed by atoms with Gasteiger partial charge in [0.05, 0.1) is 23.8 Å². The average Bonchev–Trinajstić information content (AvgIpc) is 3.37. The molecule has 6 rings (SSSR count). The van der Waals surface area contributed by atoms with Crippen molar-refractivity contribution in [2.75, 3.05) is 18.1 Å². The molecule has 9 atom stereocenters. The van der Waals surface area contributed by atoms with Crippen LogP contribution >= 0.6 is 0 Å². The van der Waals surface area contributed by atoms with E-state index in [1.165, 1.54) is 4.90 Å². The Balaban J connectivity index is 1.44. The van der Waals surface area contributed by atoms with Gasteiger partial charge in [-0.25, -0.2) is 4.79 Å². The molecule has 204 valence electrons. The molecule has 2 bridgehead atoms. The van der Waals surface area contributed by atoms with Gasteiger partial charge in [0.25, 0.3) is 0 Å². The Bertz CT molecular complexity index is 1270. The fraction of sp³-hybridized carbons (Fsp3) is 0.600. The van der Waals surface area contributed by atoms with Gasteiger partial charge >= 0.3 is 6.09 Å². The molecule has 3 N–H and O–H groups in total. The van der Waals surface area contributed by atoms with E-state index in [-0.39, 0.29) is 47.2 Å². The average molecular weight is 524 g/mol. The van der Waals surface area contributed by atoms with Gasteiger partial charge in [0.2, 0.25) is 0 Å². The summed E-state index contributed by atoms with van der Waals surface area (Å²) in [5.41, 5.74) is -2.42. The Kier molecular flexibility index (Phi) is 5.50. The van der Waals surface area contributed by atoms with Crippen LogP contribution in [0.15, 0.2) is 47.6 Å². The number of carbonyl (C=O) groups is 2. The highest BCUT2D eigenvalue weighted by Gasteiger charge is 2.76. The van der Waals surface area contributed by atoms with Gasteiger partial charge in [-0.2, -0.15) is 0 Å². The number of nitrogens with zero attached hydrogens (tertiary/aromatic N) is 1. The maximum atomic E-state index is 14.5. The summed E-state index contributed by atoms with van der Waals surface area (Å²) in [6, 6.07) is 6.83. The molecule has 1 heterocycles. The van der Waals surface area contributed by atoms with Crippen LogP contribution in [-0.4, -0.2) is 64.3 Å². The second kappa shape index (κ2) is 8.16. The standard InChI is InChI=1S/C30H37NO7/c1-15-12-29-16(2)10-20-23(28(20,4)5)19(25(29)34)11-18(13-32)24(33)30(29,36)26(15)38-27(35)31-17(3)14-37-22-9-7-6-8-21(22)31/h6-9,11-12,16-17,19-20,23-24,26,32-33,36H,10,13-14H2,1-5H3/t16-,17?,19+,20-,23+,24-,26+,29+,30+/m1/s1. The van der Waals surface area contributed by atoms with Crippen LogP contribution in [0.1, 0.15) is 41.0 Å². The summed E-state index contributed by atoms with van der Waals surface area (Å²) in [4.78, 5) is 29.7. The third kappa shape index (κ3) is 3.02. The van der Waals surface area contributed by atoms with Crippen LogP contribution in [0.25, 0.3) is 0 Å². The van der Waals surface area contributed by atoms with Gasteiger partial charge in [0, 0.05) is 5.92 Å². The van der Waals surface area contributed by atoms with E-state index in [4.69, 9.17) is 9.47 Å². The molecule has 0 radical (unpaired) electrons. The minimum atomic E-state index is -2.16. The van der Waals surface area contributed by atoms with Gasteiger partial charge in [0.1, 0.15) is 18.5 Å². The lowest BCUT2D eigenvalue weighted by atomic mass is 9.59. The van der Waals surface area contributed by atoms with E-state index in [9.17, 15) is 24.9 Å². The lowest BCUT2D eigenvalue weighted by molar-refractivity contribution is -0.189. The third-order valence-corrected chi connectivity index (χ3v) is 10.4. The number of benzene rings is 1. The van der Waals surface area contributed by atoms with Crippen LogP contribution in [0.3, 0.4) is 0 Å². The largest absolute Gasteiger partial charge is 0.489 e. The molecule has 1 amide bonds. The minimum absolute atomic E-state index is 0.0518. The van der Waals surface area contributed by atoms with Gasteiger partial charge < -0.3 is 24.8 Å². The van der Waals surface area contributed by atoms with E-state index in [0.29, 0.717) is 23.4 Å². The van der Waals surface area contributed by atoms with E-state index in [2.05, 4.69) is 13.8 Å². The Morgan fingerprint density at radius 1 is 1.24 bits per heavy atom. The number of fused-ring (bicyclic) bond motifs is 4. The van der Waals surface area contributed by atoms with Crippen molar-refractivity contribution in [3.8, 4) is 5.75 Å². The van der Waals surface area contributed by atoms with Crippen LogP contribution in [0, 0.1) is 34.5 Å². The number of amides is 1. The number of anilines is 1. The third-order valence-electron chi connectivity index (χ3n) is 10.4. The topological polar surface area (TPSA) is 117 Å². The molecule has 0 saturated heterocycles. The van der Waals surface area contributed by atoms with Crippen molar-refractivity contribution in [2.24, 2.45) is 34.5 Å². The van der Waals surface area contributed by atoms with E-state index >= 15 is 0 Å². The van der Waals surface area contributed by atoms with Crippen LogP contribution in [-0.2, 0) is 9.53 Å². The first-order chi connectivity index (χ1) is 17.9. The van der Waals surface area contributed by atoms with Gasteiger partial charge in [0.15, 0.2) is 17.5 Å². The van der Waals surface area contributed by atoms with E-state index in [1.807, 2.05) is 19.9 Å². The number of hydrogen-bond acceptors (Lipinski definition) is 7. The first kappa shape index (κ1) is 25.6. The maximum absolute atomic E-state index is 14.5. The number of allylic oxidation sites excluding steroid dienone is 1. The lowest BCUT2D eigenvalue weighted by Crippen LogP contribution is -2.66. The SMILES string of the molecule is CC1=C[C@]23C(=O)[C@@H](C=C(CO)[C@@H](O)[C@]2(O)[C@H]1OC(=O)N1c2ccccc2OCC1C)[C@H]1[C@@H](C[C@H]3C)C1(C)C. The van der Waals surface area contributed by atoms with Crippen LogP contribution in [0.5, 0.6) is 5.75 Å². The molecule has 1 aromatic carbocycles. The molecule has 4 aliphatic carbocycles. The Hall–Kier alpha value is -2.68. The maximum Gasteiger partial charge on any atom is 0.415 e. The number of rotatable bonds is 2. The molecule has 1 aliphatic heterocycles. The van der Waals surface area contributed by atoms with E-state index in [1.54, 1.807) is 37.3 Å². The summed E-state index contributed by atoms with van der Waals surface area (Å²) >= 11 is 0. The molecule has 8 heteroatoms. The molecular weight excluding hydrogens is 486 g/mol. The fourth-order valence-corrected chi connectivity index (χ4v) is 8.33. The normalized spacial score (nSPS) is 42.4. The van der Waals surface area contributed by atoms with Crippen molar-refractivity contribution in [2.45, 2.75) is 64.9 Å².